The molecule has 0 aliphatic rings. The molecule has 1 N–H and O–H groups in total. The Hall–Kier alpha value is -3.40. The summed E-state index contributed by atoms with van der Waals surface area (Å²) in [6.07, 6.45) is 1.07. The molecule has 0 saturated heterocycles. The third-order valence-corrected chi connectivity index (χ3v) is 4.84. The van der Waals surface area contributed by atoms with Gasteiger partial charge in [-0.3, -0.25) is 10.3 Å². The number of carbonyl (C=O) groups is 1. The molecule has 35 heavy (non-hydrogen) atoms. The molecule has 3 rings (SSSR count). The predicted octanol–water partition coefficient (Wildman–Crippen LogP) is 4.82. The maximum atomic E-state index is 12.2. The quantitative estimate of drug-likeness (QED) is 0.200. The van der Waals surface area contributed by atoms with E-state index >= 15 is 0 Å². The Kier molecular flexibility index (Phi) is 10.1. The van der Waals surface area contributed by atoms with Crippen LogP contribution < -0.4 is 10.2 Å². The fourth-order valence-corrected chi connectivity index (χ4v) is 3.26. The smallest absolute Gasteiger partial charge is 0.335 e. The van der Waals surface area contributed by atoms with Crippen LogP contribution in [0.5, 0.6) is 5.75 Å². The number of hydrogen-bond acceptors (Lipinski definition) is 9. The molecule has 9 nitrogen and oxygen atoms in total. The minimum atomic E-state index is -0.691. The van der Waals surface area contributed by atoms with Gasteiger partial charge in [0.2, 0.25) is 5.89 Å². The van der Waals surface area contributed by atoms with Gasteiger partial charge in [-0.2, -0.15) is 0 Å². The van der Waals surface area contributed by atoms with Gasteiger partial charge in [-0.15, -0.1) is 10.2 Å². The molecule has 10 heteroatoms. The number of hydrogen-bond donors (Lipinski definition) is 1. The van der Waals surface area contributed by atoms with E-state index < -0.39 is 12.1 Å². The summed E-state index contributed by atoms with van der Waals surface area (Å²) in [7, 11) is 0. The van der Waals surface area contributed by atoms with Crippen LogP contribution in [0.15, 0.2) is 59.2 Å². The van der Waals surface area contributed by atoms with E-state index in [4.69, 9.17) is 35.1 Å². The lowest BCUT2D eigenvalue weighted by Gasteiger charge is -2.16. The Morgan fingerprint density at radius 2 is 1.91 bits per heavy atom. The average molecular weight is 502 g/mol. The molecule has 0 amide bonds. The van der Waals surface area contributed by atoms with Crippen molar-refractivity contribution in [3.63, 3.8) is 0 Å². The Bertz CT molecular complexity index is 1130. The topological polar surface area (TPSA) is 105 Å². The number of nitrogens with zero attached hydrogens (tertiary/aromatic N) is 2. The number of aromatic nitrogens is 2. The van der Waals surface area contributed by atoms with Gasteiger partial charge in [-0.1, -0.05) is 29.8 Å². The van der Waals surface area contributed by atoms with E-state index in [0.717, 1.165) is 5.56 Å². The molecule has 0 spiro atoms. The Morgan fingerprint density at radius 1 is 1.09 bits per heavy atom. The van der Waals surface area contributed by atoms with Crippen LogP contribution in [0.4, 0.5) is 0 Å². The second-order valence-electron chi connectivity index (χ2n) is 7.15. The molecule has 0 aliphatic heterocycles. The van der Waals surface area contributed by atoms with Crippen molar-refractivity contribution in [2.45, 2.75) is 33.3 Å². The van der Waals surface area contributed by atoms with Crippen molar-refractivity contribution in [1.82, 2.24) is 15.7 Å². The second kappa shape index (κ2) is 13.5. The van der Waals surface area contributed by atoms with Crippen molar-refractivity contribution in [3.8, 4) is 17.2 Å². The van der Waals surface area contributed by atoms with E-state index in [9.17, 15) is 4.79 Å². The standard InChI is InChI=1S/C25H28ClN3O6/c1-4-31-22(25(30)32-5-2)14-17-9-7-12-20(13-17)33-16-21(29-34-6-3)24-28-27-23(35-24)18-10-8-11-19(26)15-18/h7-13,15-16,22,29H,4-6,14H2,1-3H3. The minimum absolute atomic E-state index is 0.170. The van der Waals surface area contributed by atoms with Gasteiger partial charge in [-0.25, -0.2) is 4.79 Å². The summed E-state index contributed by atoms with van der Waals surface area (Å²) >= 11 is 6.06. The first-order valence-electron chi connectivity index (χ1n) is 11.3. The zero-order valence-corrected chi connectivity index (χ0v) is 20.6. The fourth-order valence-electron chi connectivity index (χ4n) is 3.07. The van der Waals surface area contributed by atoms with Crippen molar-refractivity contribution in [2.24, 2.45) is 0 Å². The van der Waals surface area contributed by atoms with Crippen LogP contribution >= 0.6 is 11.6 Å². The van der Waals surface area contributed by atoms with Crippen molar-refractivity contribution < 1.29 is 28.3 Å². The summed E-state index contributed by atoms with van der Waals surface area (Å²) < 4.78 is 22.3. The maximum Gasteiger partial charge on any atom is 0.335 e. The average Bonchev–Trinajstić information content (AvgIpc) is 3.34. The van der Waals surface area contributed by atoms with E-state index in [1.165, 1.54) is 6.26 Å². The number of hydroxylamine groups is 1. The highest BCUT2D eigenvalue weighted by atomic mass is 35.5. The molecule has 1 aromatic heterocycles. The molecule has 1 unspecified atom stereocenters. The van der Waals surface area contributed by atoms with Gasteiger partial charge in [0.05, 0.1) is 13.2 Å². The van der Waals surface area contributed by atoms with E-state index in [1.54, 1.807) is 31.2 Å². The summed E-state index contributed by atoms with van der Waals surface area (Å²) in [4.78, 5) is 17.5. The number of esters is 1. The lowest BCUT2D eigenvalue weighted by atomic mass is 10.1. The zero-order valence-electron chi connectivity index (χ0n) is 19.8. The number of rotatable bonds is 13. The highest BCUT2D eigenvalue weighted by molar-refractivity contribution is 6.30. The first kappa shape index (κ1) is 26.2. The monoisotopic (exact) mass is 501 g/mol. The Labute approximate surface area is 208 Å². The molecule has 0 aliphatic carbocycles. The van der Waals surface area contributed by atoms with Crippen LogP contribution in [0, 0.1) is 0 Å². The number of halogens is 1. The van der Waals surface area contributed by atoms with Crippen molar-refractivity contribution in [1.29, 1.82) is 0 Å². The predicted molar refractivity (Wildman–Crippen MR) is 130 cm³/mol. The molecule has 0 saturated carbocycles. The summed E-state index contributed by atoms with van der Waals surface area (Å²) in [6, 6.07) is 14.4. The first-order chi connectivity index (χ1) is 17.0. The number of nitrogens with one attached hydrogen (secondary N) is 1. The lowest BCUT2D eigenvalue weighted by molar-refractivity contribution is -0.156. The zero-order chi connectivity index (χ0) is 25.0. The summed E-state index contributed by atoms with van der Waals surface area (Å²) in [5.74, 6) is 0.612. The molecule has 0 bridgehead atoms. The fraction of sp³-hybridized carbons (Fsp3) is 0.320. The van der Waals surface area contributed by atoms with Crippen LogP contribution in [0.2, 0.25) is 5.02 Å². The summed E-state index contributed by atoms with van der Waals surface area (Å²) in [5.41, 5.74) is 4.62. The van der Waals surface area contributed by atoms with E-state index in [2.05, 4.69) is 15.7 Å². The molecule has 0 fully saturated rings. The van der Waals surface area contributed by atoms with E-state index in [1.807, 2.05) is 38.1 Å². The largest absolute Gasteiger partial charge is 0.464 e. The highest BCUT2D eigenvalue weighted by Crippen LogP contribution is 2.24. The lowest BCUT2D eigenvalue weighted by Crippen LogP contribution is -2.29. The van der Waals surface area contributed by atoms with Gasteiger partial charge in [0, 0.05) is 23.6 Å². The van der Waals surface area contributed by atoms with Crippen LogP contribution in [0.25, 0.3) is 17.2 Å². The van der Waals surface area contributed by atoms with Gasteiger partial charge >= 0.3 is 5.97 Å². The molecule has 1 atom stereocenters. The van der Waals surface area contributed by atoms with Gasteiger partial charge in [-0.05, 0) is 56.7 Å². The first-order valence-corrected chi connectivity index (χ1v) is 11.6. The molecular weight excluding hydrogens is 474 g/mol. The summed E-state index contributed by atoms with van der Waals surface area (Å²) in [5, 5.41) is 8.72. The molecular formula is C25H28ClN3O6. The third kappa shape index (κ3) is 7.81. The summed E-state index contributed by atoms with van der Waals surface area (Å²) in [6.45, 7) is 6.51. The Morgan fingerprint density at radius 3 is 2.66 bits per heavy atom. The molecule has 0 radical (unpaired) electrons. The number of carbonyl (C=O) groups excluding carboxylic acids is 1. The Balaban J connectivity index is 1.77. The van der Waals surface area contributed by atoms with Crippen molar-refractivity contribution >= 4 is 23.3 Å². The van der Waals surface area contributed by atoms with Gasteiger partial charge in [0.15, 0.2) is 11.8 Å². The van der Waals surface area contributed by atoms with Gasteiger partial charge in [0.1, 0.15) is 12.0 Å². The van der Waals surface area contributed by atoms with Crippen LogP contribution in [-0.2, 0) is 25.5 Å². The molecule has 3 aromatic rings. The minimum Gasteiger partial charge on any atom is -0.464 e. The van der Waals surface area contributed by atoms with Crippen molar-refractivity contribution in [3.05, 3.63) is 71.3 Å². The molecule has 1 heterocycles. The third-order valence-electron chi connectivity index (χ3n) is 4.60. The number of benzene rings is 2. The van der Waals surface area contributed by atoms with E-state index in [0.29, 0.717) is 54.2 Å². The molecule has 186 valence electrons. The SMILES string of the molecule is CCONC(=COc1cccc(CC(OCC)C(=O)OCC)c1)c1nnc(-c2cccc(Cl)c2)o1. The van der Waals surface area contributed by atoms with Crippen molar-refractivity contribution in [2.75, 3.05) is 19.8 Å². The van der Waals surface area contributed by atoms with Crippen LogP contribution in [0.1, 0.15) is 32.2 Å². The number of ether oxygens (including phenoxy) is 3. The second-order valence-corrected chi connectivity index (χ2v) is 7.59. The van der Waals surface area contributed by atoms with Crippen LogP contribution in [-0.4, -0.2) is 42.1 Å². The normalized spacial score (nSPS) is 12.3. The maximum absolute atomic E-state index is 12.2. The van der Waals surface area contributed by atoms with Gasteiger partial charge in [0.25, 0.3) is 5.89 Å². The van der Waals surface area contributed by atoms with E-state index in [-0.39, 0.29) is 5.89 Å². The van der Waals surface area contributed by atoms with Crippen LogP contribution in [0.3, 0.4) is 0 Å². The highest BCUT2D eigenvalue weighted by Gasteiger charge is 2.21. The van der Waals surface area contributed by atoms with Gasteiger partial charge < -0.3 is 18.6 Å². The molecule has 2 aromatic carbocycles.